The van der Waals surface area contributed by atoms with E-state index >= 15 is 0 Å². The summed E-state index contributed by atoms with van der Waals surface area (Å²) in [5.74, 6) is 0.460. The van der Waals surface area contributed by atoms with Gasteiger partial charge in [-0.3, -0.25) is 4.79 Å². The molecule has 1 amide bonds. The molecular weight excluding hydrogens is 462 g/mol. The number of carbonyl (C=O) groups is 1. The number of hydrogen-bond acceptors (Lipinski definition) is 5. The molecule has 0 aliphatic carbocycles. The lowest BCUT2D eigenvalue weighted by atomic mass is 10.2. The molecule has 0 saturated heterocycles. The van der Waals surface area contributed by atoms with E-state index in [0.717, 1.165) is 26.0 Å². The maximum Gasteiger partial charge on any atom is 0.280 e. The zero-order chi connectivity index (χ0) is 20.9. The van der Waals surface area contributed by atoms with E-state index in [2.05, 4.69) is 26.0 Å². The van der Waals surface area contributed by atoms with Crippen molar-refractivity contribution in [3.8, 4) is 5.75 Å². The summed E-state index contributed by atoms with van der Waals surface area (Å²) in [6.45, 7) is 2.49. The molecule has 150 valence electrons. The van der Waals surface area contributed by atoms with Crippen LogP contribution in [0.5, 0.6) is 5.75 Å². The average molecular weight is 480 g/mol. The first-order chi connectivity index (χ1) is 14.6. The SMILES string of the molecule is CCOc1ccc(C(=O)N(/N=C/c2ccccc2)c2nc3ccc(Br)cc3s2)cc1. The zero-order valence-corrected chi connectivity index (χ0v) is 18.6. The number of amides is 1. The second-order valence-electron chi connectivity index (χ2n) is 6.34. The van der Waals surface area contributed by atoms with Crippen LogP contribution in [-0.2, 0) is 0 Å². The maximum absolute atomic E-state index is 13.3. The molecule has 1 aromatic heterocycles. The molecule has 4 rings (SSSR count). The molecule has 4 aromatic rings. The van der Waals surface area contributed by atoms with Gasteiger partial charge in [0, 0.05) is 10.0 Å². The van der Waals surface area contributed by atoms with E-state index < -0.39 is 0 Å². The number of anilines is 1. The number of carbonyl (C=O) groups excluding carboxylic acids is 1. The largest absolute Gasteiger partial charge is 0.494 e. The number of nitrogens with zero attached hydrogens (tertiary/aromatic N) is 3. The summed E-state index contributed by atoms with van der Waals surface area (Å²) in [6, 6.07) is 22.5. The van der Waals surface area contributed by atoms with Crippen molar-refractivity contribution in [3.05, 3.63) is 88.4 Å². The minimum atomic E-state index is -0.261. The van der Waals surface area contributed by atoms with Crippen molar-refractivity contribution < 1.29 is 9.53 Å². The van der Waals surface area contributed by atoms with E-state index in [1.54, 1.807) is 30.5 Å². The lowest BCUT2D eigenvalue weighted by Gasteiger charge is -2.14. The number of rotatable bonds is 6. The fraction of sp³-hybridized carbons (Fsp3) is 0.0870. The van der Waals surface area contributed by atoms with Gasteiger partial charge in [0.15, 0.2) is 0 Å². The van der Waals surface area contributed by atoms with E-state index in [4.69, 9.17) is 4.74 Å². The summed E-state index contributed by atoms with van der Waals surface area (Å²) >= 11 is 4.90. The van der Waals surface area contributed by atoms with Crippen molar-refractivity contribution in [1.29, 1.82) is 0 Å². The van der Waals surface area contributed by atoms with E-state index in [1.165, 1.54) is 16.3 Å². The molecule has 0 unspecified atom stereocenters. The topological polar surface area (TPSA) is 54.8 Å². The third-order valence-electron chi connectivity index (χ3n) is 4.25. The summed E-state index contributed by atoms with van der Waals surface area (Å²) in [5.41, 5.74) is 2.22. The maximum atomic E-state index is 13.3. The Morgan fingerprint density at radius 3 is 2.63 bits per heavy atom. The van der Waals surface area contributed by atoms with Gasteiger partial charge in [0.2, 0.25) is 5.13 Å². The van der Waals surface area contributed by atoms with Crippen LogP contribution >= 0.6 is 27.3 Å². The lowest BCUT2D eigenvalue weighted by Crippen LogP contribution is -2.25. The molecule has 0 fully saturated rings. The molecule has 5 nitrogen and oxygen atoms in total. The zero-order valence-electron chi connectivity index (χ0n) is 16.2. The predicted octanol–water partition coefficient (Wildman–Crippen LogP) is 6.14. The van der Waals surface area contributed by atoms with Crippen molar-refractivity contribution >= 4 is 54.7 Å². The Balaban J connectivity index is 1.72. The van der Waals surface area contributed by atoms with Crippen LogP contribution in [0.2, 0.25) is 0 Å². The summed E-state index contributed by atoms with van der Waals surface area (Å²) < 4.78 is 7.40. The second kappa shape index (κ2) is 9.19. The number of aromatic nitrogens is 1. The smallest absolute Gasteiger partial charge is 0.280 e. The van der Waals surface area contributed by atoms with Gasteiger partial charge in [0.25, 0.3) is 5.91 Å². The summed E-state index contributed by atoms with van der Waals surface area (Å²) in [7, 11) is 0. The first-order valence-corrected chi connectivity index (χ1v) is 11.0. The first-order valence-electron chi connectivity index (χ1n) is 9.36. The molecule has 0 saturated carbocycles. The van der Waals surface area contributed by atoms with Crippen molar-refractivity contribution in [2.45, 2.75) is 6.92 Å². The summed E-state index contributed by atoms with van der Waals surface area (Å²) in [6.07, 6.45) is 1.66. The summed E-state index contributed by atoms with van der Waals surface area (Å²) in [5, 5.41) is 6.34. The van der Waals surface area contributed by atoms with Crippen LogP contribution in [0.25, 0.3) is 10.2 Å². The minimum absolute atomic E-state index is 0.261. The third kappa shape index (κ3) is 4.58. The van der Waals surface area contributed by atoms with E-state index in [9.17, 15) is 4.79 Å². The number of benzene rings is 3. The Kier molecular flexibility index (Phi) is 6.21. The minimum Gasteiger partial charge on any atom is -0.494 e. The van der Waals surface area contributed by atoms with Gasteiger partial charge in [-0.2, -0.15) is 10.1 Å². The number of thiazole rings is 1. The van der Waals surface area contributed by atoms with Gasteiger partial charge in [-0.05, 0) is 55.0 Å². The van der Waals surface area contributed by atoms with Gasteiger partial charge in [0.1, 0.15) is 5.75 Å². The van der Waals surface area contributed by atoms with E-state index in [0.29, 0.717) is 17.3 Å². The standard InChI is InChI=1S/C23H18BrN3O2S/c1-2-29-19-11-8-17(9-12-19)22(28)27(25-15-16-6-4-3-5-7-16)23-26-20-13-10-18(24)14-21(20)30-23/h3-15H,2H2,1H3/b25-15+. The molecule has 0 radical (unpaired) electrons. The Labute approximate surface area is 186 Å². The van der Waals surface area contributed by atoms with Crippen molar-refractivity contribution in [2.75, 3.05) is 11.6 Å². The molecule has 0 atom stereocenters. The lowest BCUT2D eigenvalue weighted by molar-refractivity contribution is 0.0988. The molecule has 3 aromatic carbocycles. The normalized spacial score (nSPS) is 11.1. The van der Waals surface area contributed by atoms with Crippen molar-refractivity contribution in [2.24, 2.45) is 5.10 Å². The van der Waals surface area contributed by atoms with Crippen LogP contribution < -0.4 is 9.75 Å². The highest BCUT2D eigenvalue weighted by Crippen LogP contribution is 2.32. The quantitative estimate of drug-likeness (QED) is 0.246. The molecule has 0 aliphatic rings. The van der Waals surface area contributed by atoms with Crippen LogP contribution in [0.3, 0.4) is 0 Å². The van der Waals surface area contributed by atoms with Crippen LogP contribution in [-0.4, -0.2) is 23.7 Å². The predicted molar refractivity (Wildman–Crippen MR) is 126 cm³/mol. The first kappa shape index (κ1) is 20.3. The molecule has 1 heterocycles. The van der Waals surface area contributed by atoms with Crippen LogP contribution in [0.4, 0.5) is 5.13 Å². The molecule has 0 bridgehead atoms. The molecule has 0 aliphatic heterocycles. The van der Waals surface area contributed by atoms with Crippen LogP contribution in [0.1, 0.15) is 22.8 Å². The van der Waals surface area contributed by atoms with E-state index in [-0.39, 0.29) is 5.91 Å². The van der Waals surface area contributed by atoms with Crippen molar-refractivity contribution in [3.63, 3.8) is 0 Å². The van der Waals surface area contributed by atoms with E-state index in [1.807, 2.05) is 55.5 Å². The molecular formula is C23H18BrN3O2S. The number of fused-ring (bicyclic) bond motifs is 1. The number of hydrogen-bond donors (Lipinski definition) is 0. The Morgan fingerprint density at radius 1 is 1.13 bits per heavy atom. The monoisotopic (exact) mass is 479 g/mol. The highest BCUT2D eigenvalue weighted by molar-refractivity contribution is 9.10. The van der Waals surface area contributed by atoms with Crippen LogP contribution in [0, 0.1) is 0 Å². The average Bonchev–Trinajstić information content (AvgIpc) is 3.18. The fourth-order valence-electron chi connectivity index (χ4n) is 2.81. The van der Waals surface area contributed by atoms with Gasteiger partial charge < -0.3 is 4.74 Å². The van der Waals surface area contributed by atoms with Crippen LogP contribution in [0.15, 0.2) is 82.4 Å². The Morgan fingerprint density at radius 2 is 1.90 bits per heavy atom. The van der Waals surface area contributed by atoms with Gasteiger partial charge in [-0.15, -0.1) is 0 Å². The molecule has 7 heteroatoms. The highest BCUT2D eigenvalue weighted by Gasteiger charge is 2.21. The van der Waals surface area contributed by atoms with Crippen molar-refractivity contribution in [1.82, 2.24) is 4.98 Å². The number of ether oxygens (including phenoxy) is 1. The van der Waals surface area contributed by atoms with Gasteiger partial charge in [0.05, 0.1) is 23.0 Å². The number of halogens is 1. The number of hydrazone groups is 1. The van der Waals surface area contributed by atoms with Gasteiger partial charge in [-0.25, -0.2) is 4.98 Å². The summed E-state index contributed by atoms with van der Waals surface area (Å²) in [4.78, 5) is 17.9. The van der Waals surface area contributed by atoms with Gasteiger partial charge >= 0.3 is 0 Å². The molecule has 0 spiro atoms. The fourth-order valence-corrected chi connectivity index (χ4v) is 4.29. The highest BCUT2D eigenvalue weighted by atomic mass is 79.9. The molecule has 0 N–H and O–H groups in total. The Bertz CT molecular complexity index is 1190. The second-order valence-corrected chi connectivity index (χ2v) is 8.26. The molecule has 30 heavy (non-hydrogen) atoms. The van der Waals surface area contributed by atoms with Gasteiger partial charge in [-0.1, -0.05) is 57.6 Å². The third-order valence-corrected chi connectivity index (χ3v) is 5.73. The Hall–Kier alpha value is -3.03.